The highest BCUT2D eigenvalue weighted by Crippen LogP contribution is 2.33. The van der Waals surface area contributed by atoms with Crippen LogP contribution in [-0.4, -0.2) is 5.84 Å². The largest absolute Gasteiger partial charge is 0.321 e. The van der Waals surface area contributed by atoms with Crippen LogP contribution in [0.5, 0.6) is 0 Å². The van der Waals surface area contributed by atoms with E-state index in [0.717, 1.165) is 18.1 Å². The Morgan fingerprint density at radius 2 is 1.20 bits per heavy atom. The van der Waals surface area contributed by atoms with E-state index in [0.29, 0.717) is 0 Å². The van der Waals surface area contributed by atoms with Crippen molar-refractivity contribution in [2.75, 3.05) is 4.90 Å². The average molecular weight is 384 g/mol. The monoisotopic (exact) mass is 384 g/mol. The van der Waals surface area contributed by atoms with Gasteiger partial charge in [0.15, 0.2) is 0 Å². The van der Waals surface area contributed by atoms with Crippen molar-refractivity contribution in [3.63, 3.8) is 0 Å². The number of rotatable bonds is 2. The van der Waals surface area contributed by atoms with E-state index in [-0.39, 0.29) is 0 Å². The van der Waals surface area contributed by atoms with Gasteiger partial charge in [0, 0.05) is 11.3 Å². The predicted octanol–water partition coefficient (Wildman–Crippen LogP) is 7.09. The molecule has 0 aliphatic carbocycles. The molecule has 5 aromatic rings. The number of aliphatic imine (C=N–C) groups is 1. The van der Waals surface area contributed by atoms with Crippen LogP contribution < -0.4 is 4.90 Å². The van der Waals surface area contributed by atoms with Crippen LogP contribution in [-0.2, 0) is 6.54 Å². The zero-order valence-electron chi connectivity index (χ0n) is 16.5. The van der Waals surface area contributed by atoms with Crippen LogP contribution in [0.15, 0.2) is 114 Å². The van der Waals surface area contributed by atoms with Crippen molar-refractivity contribution in [2.24, 2.45) is 4.99 Å². The second-order valence-electron chi connectivity index (χ2n) is 7.74. The van der Waals surface area contributed by atoms with Gasteiger partial charge in [-0.15, -0.1) is 0 Å². The molecule has 0 N–H and O–H groups in total. The Labute approximate surface area is 175 Å². The smallest absolute Gasteiger partial charge is 0.141 e. The van der Waals surface area contributed by atoms with E-state index in [9.17, 15) is 0 Å². The molecule has 1 aliphatic heterocycles. The molecule has 1 heterocycles. The Morgan fingerprint density at radius 3 is 2.00 bits per heavy atom. The van der Waals surface area contributed by atoms with Gasteiger partial charge < -0.3 is 4.90 Å². The maximum Gasteiger partial charge on any atom is 0.141 e. The number of fused-ring (bicyclic) bond motifs is 3. The van der Waals surface area contributed by atoms with Crippen LogP contribution in [0.2, 0.25) is 0 Å². The molecular formula is C28H20N2. The highest BCUT2D eigenvalue weighted by atomic mass is 15.2. The lowest BCUT2D eigenvalue weighted by Gasteiger charge is -2.20. The Hall–Kier alpha value is -3.91. The summed E-state index contributed by atoms with van der Waals surface area (Å²) in [6, 6.07) is 38.6. The number of anilines is 1. The fourth-order valence-electron chi connectivity index (χ4n) is 4.31. The summed E-state index contributed by atoms with van der Waals surface area (Å²) in [7, 11) is 0. The zero-order chi connectivity index (χ0) is 19.9. The lowest BCUT2D eigenvalue weighted by Crippen LogP contribution is -2.23. The first-order valence-electron chi connectivity index (χ1n) is 10.3. The minimum Gasteiger partial charge on any atom is -0.321 e. The summed E-state index contributed by atoms with van der Waals surface area (Å²) in [6.45, 7) is 0.834. The quantitative estimate of drug-likeness (QED) is 0.317. The number of hydrogen-bond donors (Lipinski definition) is 0. The standard InChI is InChI=1S/C28H20N2/c1-3-9-22-17-25(15-13-20(22)7-1)29-28-27-12-6-5-11-24(27)19-30(28)26-16-14-21-8-2-4-10-23(21)18-26/h1-18H,19H2. The van der Waals surface area contributed by atoms with Crippen LogP contribution in [0.4, 0.5) is 11.4 Å². The summed E-state index contributed by atoms with van der Waals surface area (Å²) >= 11 is 0. The molecule has 0 saturated carbocycles. The van der Waals surface area contributed by atoms with Crippen molar-refractivity contribution in [1.82, 2.24) is 0 Å². The molecule has 0 atom stereocenters. The van der Waals surface area contributed by atoms with Crippen molar-refractivity contribution >= 4 is 38.8 Å². The van der Waals surface area contributed by atoms with Gasteiger partial charge in [0.1, 0.15) is 5.84 Å². The molecule has 2 heteroatoms. The molecule has 0 radical (unpaired) electrons. The SMILES string of the molecule is c1ccc2c(c1)CN(c1ccc3ccccc3c1)C2=Nc1ccc2ccccc2c1. The highest BCUT2D eigenvalue weighted by Gasteiger charge is 2.26. The highest BCUT2D eigenvalue weighted by molar-refractivity contribution is 6.15. The third kappa shape index (κ3) is 2.85. The first-order valence-corrected chi connectivity index (χ1v) is 10.3. The molecule has 0 amide bonds. The van der Waals surface area contributed by atoms with E-state index in [2.05, 4.69) is 114 Å². The van der Waals surface area contributed by atoms with Crippen molar-refractivity contribution in [3.05, 3.63) is 120 Å². The van der Waals surface area contributed by atoms with Gasteiger partial charge in [-0.2, -0.15) is 0 Å². The molecule has 2 nitrogen and oxygen atoms in total. The molecule has 0 unspecified atom stereocenters. The molecule has 0 spiro atoms. The normalized spacial score (nSPS) is 14.5. The fraction of sp³-hybridized carbons (Fsp3) is 0.0357. The first-order chi connectivity index (χ1) is 14.8. The average Bonchev–Trinajstić information content (AvgIpc) is 3.17. The Morgan fingerprint density at radius 1 is 0.567 bits per heavy atom. The molecule has 5 aromatic carbocycles. The third-order valence-corrected chi connectivity index (χ3v) is 5.86. The van der Waals surface area contributed by atoms with E-state index in [4.69, 9.17) is 4.99 Å². The van der Waals surface area contributed by atoms with Gasteiger partial charge in [0.2, 0.25) is 0 Å². The predicted molar refractivity (Wildman–Crippen MR) is 127 cm³/mol. The van der Waals surface area contributed by atoms with Crippen molar-refractivity contribution in [1.29, 1.82) is 0 Å². The van der Waals surface area contributed by atoms with Gasteiger partial charge in [-0.1, -0.05) is 84.9 Å². The van der Waals surface area contributed by atoms with E-state index in [1.807, 2.05) is 0 Å². The molecule has 0 fully saturated rings. The summed E-state index contributed by atoms with van der Waals surface area (Å²) in [5, 5.41) is 4.95. The van der Waals surface area contributed by atoms with E-state index in [1.54, 1.807) is 0 Å². The first kappa shape index (κ1) is 17.0. The Kier molecular flexibility index (Phi) is 3.88. The number of hydrogen-bond acceptors (Lipinski definition) is 1. The molecule has 142 valence electrons. The summed E-state index contributed by atoms with van der Waals surface area (Å²) in [5.74, 6) is 1.01. The topological polar surface area (TPSA) is 15.6 Å². The van der Waals surface area contributed by atoms with Crippen LogP contribution in [0.25, 0.3) is 21.5 Å². The lowest BCUT2D eigenvalue weighted by molar-refractivity contribution is 1.05. The summed E-state index contributed by atoms with van der Waals surface area (Å²) in [4.78, 5) is 7.46. The minimum atomic E-state index is 0.834. The second kappa shape index (κ2) is 6.85. The van der Waals surface area contributed by atoms with Gasteiger partial charge in [0.25, 0.3) is 0 Å². The molecule has 30 heavy (non-hydrogen) atoms. The fourth-order valence-corrected chi connectivity index (χ4v) is 4.31. The van der Waals surface area contributed by atoms with Crippen LogP contribution in [0.1, 0.15) is 11.1 Å². The van der Waals surface area contributed by atoms with Crippen LogP contribution in [0.3, 0.4) is 0 Å². The second-order valence-corrected chi connectivity index (χ2v) is 7.74. The van der Waals surface area contributed by atoms with Gasteiger partial charge in [-0.3, -0.25) is 0 Å². The van der Waals surface area contributed by atoms with Crippen LogP contribution in [0, 0.1) is 0 Å². The third-order valence-electron chi connectivity index (χ3n) is 5.86. The lowest BCUT2D eigenvalue weighted by atomic mass is 10.1. The summed E-state index contributed by atoms with van der Waals surface area (Å²) in [5.41, 5.74) is 4.67. The molecule has 0 saturated heterocycles. The summed E-state index contributed by atoms with van der Waals surface area (Å²) < 4.78 is 0. The van der Waals surface area contributed by atoms with Gasteiger partial charge in [-0.05, 0) is 51.4 Å². The van der Waals surface area contributed by atoms with Crippen molar-refractivity contribution in [3.8, 4) is 0 Å². The van der Waals surface area contributed by atoms with Crippen molar-refractivity contribution < 1.29 is 0 Å². The Balaban J connectivity index is 1.50. The van der Waals surface area contributed by atoms with E-state index < -0.39 is 0 Å². The zero-order valence-corrected chi connectivity index (χ0v) is 16.5. The summed E-state index contributed by atoms with van der Waals surface area (Å²) in [6.07, 6.45) is 0. The number of nitrogens with zero attached hydrogens (tertiary/aromatic N) is 2. The van der Waals surface area contributed by atoms with Crippen molar-refractivity contribution in [2.45, 2.75) is 6.54 Å². The van der Waals surface area contributed by atoms with E-state index >= 15 is 0 Å². The van der Waals surface area contributed by atoms with Gasteiger partial charge in [-0.25, -0.2) is 4.99 Å². The minimum absolute atomic E-state index is 0.834. The number of amidine groups is 1. The van der Waals surface area contributed by atoms with Gasteiger partial charge in [0.05, 0.1) is 12.2 Å². The maximum absolute atomic E-state index is 5.13. The maximum atomic E-state index is 5.13. The molecular weight excluding hydrogens is 364 g/mol. The van der Waals surface area contributed by atoms with Crippen LogP contribution >= 0.6 is 0 Å². The number of benzene rings is 5. The molecule has 0 bridgehead atoms. The Bertz CT molecular complexity index is 1430. The molecule has 0 aromatic heterocycles. The molecule has 1 aliphatic rings. The van der Waals surface area contributed by atoms with Gasteiger partial charge >= 0.3 is 0 Å². The van der Waals surface area contributed by atoms with E-state index in [1.165, 1.54) is 38.4 Å². The molecule has 6 rings (SSSR count).